The highest BCUT2D eigenvalue weighted by Crippen LogP contribution is 2.53. The standard InChI is InChI=1S/2C37H46ClN3O7S/c2*1-23-6-4-15-37(44,33-35(43)40(3)16-17-47-33)30-11-8-27(30)20-41-21-36(14-5-7-25-18-28(38)10-12-29(25)36)22-48-32-13-9-26(19-31(32)41)34(42)39-49(45,46)24(23)2/h2*4,9-10,12-13,15,18-19,23-24,27,30,33,44H,5-8,11,14,16-17,20-22H2,1-3H3,(H,39,42)/b2*15-4+/t23-,24+,27-,30+,33+,36-,37+;23-,24+,27-,30+,33-,36-,37+/m00/s1. The van der Waals surface area contributed by atoms with Gasteiger partial charge in [-0.2, -0.15) is 0 Å². The zero-order valence-electron chi connectivity index (χ0n) is 56.7. The van der Waals surface area contributed by atoms with Gasteiger partial charge in [0.15, 0.2) is 12.2 Å². The van der Waals surface area contributed by atoms with Crippen LogP contribution in [-0.4, -0.2) is 174 Å². The Morgan fingerprint density at radius 2 is 0.959 bits per heavy atom. The van der Waals surface area contributed by atoms with E-state index in [2.05, 4.69) is 31.4 Å². The van der Waals surface area contributed by atoms with E-state index in [1.165, 1.54) is 22.3 Å². The highest BCUT2D eigenvalue weighted by molar-refractivity contribution is 7.91. The van der Waals surface area contributed by atoms with E-state index in [9.17, 15) is 46.2 Å². The summed E-state index contributed by atoms with van der Waals surface area (Å²) in [6, 6.07) is 22.4. The molecule has 10 aliphatic rings. The molecule has 4 N–H and O–H groups in total. The number of halogens is 2. The number of amides is 4. The van der Waals surface area contributed by atoms with E-state index in [1.54, 1.807) is 112 Å². The number of nitrogens with one attached hydrogen (secondary N) is 2. The van der Waals surface area contributed by atoms with Gasteiger partial charge in [-0.1, -0.05) is 73.5 Å². The second-order valence-corrected chi connectivity index (χ2v) is 34.8. The van der Waals surface area contributed by atoms with Crippen molar-refractivity contribution >= 4 is 78.3 Å². The molecule has 4 fully saturated rings. The molecule has 0 aromatic heterocycles. The smallest absolute Gasteiger partial charge is 0.264 e. The van der Waals surface area contributed by atoms with Gasteiger partial charge in [0.2, 0.25) is 20.0 Å². The van der Waals surface area contributed by atoms with Crippen molar-refractivity contribution in [2.45, 2.75) is 149 Å². The Hall–Kier alpha value is -6.24. The van der Waals surface area contributed by atoms with E-state index in [0.29, 0.717) is 124 Å². The highest BCUT2D eigenvalue weighted by Gasteiger charge is 2.57. The second-order valence-electron chi connectivity index (χ2n) is 29.9. The molecule has 4 aromatic carbocycles. The molecule has 2 saturated carbocycles. The third-order valence-electron chi connectivity index (χ3n) is 23.8. The maximum Gasteiger partial charge on any atom is 0.264 e. The number of rotatable bonds is 2. The number of likely N-dealkylation sites (N-methyl/N-ethyl adjacent to an activating group) is 2. The molecule has 4 aromatic rings. The fourth-order valence-corrected chi connectivity index (χ4v) is 20.2. The van der Waals surface area contributed by atoms with E-state index >= 15 is 0 Å². The van der Waals surface area contributed by atoms with Gasteiger partial charge in [-0.25, -0.2) is 26.3 Å². The minimum atomic E-state index is -4.05. The number of carbonyl (C=O) groups is 4. The lowest BCUT2D eigenvalue weighted by Gasteiger charge is -2.51. The molecule has 0 unspecified atom stereocenters. The molecule has 4 aliphatic carbocycles. The first-order chi connectivity index (χ1) is 46.6. The quantitative estimate of drug-likeness (QED) is 0.137. The van der Waals surface area contributed by atoms with Gasteiger partial charge >= 0.3 is 0 Å². The lowest BCUT2D eigenvalue weighted by atomic mass is 9.62. The van der Waals surface area contributed by atoms with E-state index < -0.39 is 65.8 Å². The van der Waals surface area contributed by atoms with Crippen molar-refractivity contribution in [2.24, 2.45) is 35.5 Å². The van der Waals surface area contributed by atoms with Crippen molar-refractivity contribution in [3.8, 4) is 11.5 Å². The van der Waals surface area contributed by atoms with Crippen molar-refractivity contribution in [3.05, 3.63) is 141 Å². The number of allylic oxidation sites excluding steroid dienone is 2. The summed E-state index contributed by atoms with van der Waals surface area (Å²) in [5.74, 6) is -2.04. The van der Waals surface area contributed by atoms with Crippen molar-refractivity contribution in [1.29, 1.82) is 0 Å². The molecule has 4 amide bonds. The van der Waals surface area contributed by atoms with Crippen LogP contribution >= 0.6 is 23.2 Å². The molecule has 6 aliphatic heterocycles. The summed E-state index contributed by atoms with van der Waals surface area (Å²) in [5, 5.41) is 24.8. The summed E-state index contributed by atoms with van der Waals surface area (Å²) in [6.45, 7) is 11.4. The van der Waals surface area contributed by atoms with Gasteiger partial charge < -0.3 is 48.8 Å². The number of sulfonamides is 2. The van der Waals surface area contributed by atoms with Crippen LogP contribution in [0.3, 0.4) is 0 Å². The zero-order valence-corrected chi connectivity index (χ0v) is 59.9. The minimum Gasteiger partial charge on any atom is -0.490 e. The number of aryl methyl sites for hydroxylation is 2. The molecule has 24 heteroatoms. The minimum absolute atomic E-state index is 0.00308. The first kappa shape index (κ1) is 70.2. The number of ether oxygens (including phenoxy) is 4. The van der Waals surface area contributed by atoms with Crippen LogP contribution in [0.1, 0.15) is 135 Å². The van der Waals surface area contributed by atoms with E-state index in [1.807, 2.05) is 24.3 Å². The van der Waals surface area contributed by atoms with Gasteiger partial charge in [0.05, 0.1) is 48.3 Å². The van der Waals surface area contributed by atoms with Crippen LogP contribution in [0.15, 0.2) is 97.1 Å². The maximum atomic E-state index is 13.5. The summed E-state index contributed by atoms with van der Waals surface area (Å²) in [5.41, 5.74) is 2.72. The van der Waals surface area contributed by atoms with Gasteiger partial charge in [-0.05, 0) is 209 Å². The predicted molar refractivity (Wildman–Crippen MR) is 375 cm³/mol. The highest BCUT2D eigenvalue weighted by atomic mass is 35.5. The lowest BCUT2D eigenvalue weighted by molar-refractivity contribution is -0.186. The Balaban J connectivity index is 0.000000176. The molecule has 2 saturated heterocycles. The lowest BCUT2D eigenvalue weighted by Crippen LogP contribution is -2.63. The van der Waals surface area contributed by atoms with Crippen molar-refractivity contribution in [3.63, 3.8) is 0 Å². The molecule has 14 rings (SSSR count). The summed E-state index contributed by atoms with van der Waals surface area (Å²) in [6.07, 6.45) is 14.1. The topological polar surface area (TPSA) is 251 Å². The van der Waals surface area contributed by atoms with Gasteiger partial charge in [0.25, 0.3) is 23.6 Å². The Kier molecular flexibility index (Phi) is 19.5. The largest absolute Gasteiger partial charge is 0.490 e. The van der Waals surface area contributed by atoms with Gasteiger partial charge in [-0.3, -0.25) is 19.2 Å². The number of anilines is 2. The molecule has 528 valence electrons. The number of aliphatic hydroxyl groups is 2. The molecule has 4 bridgehead atoms. The number of hydrogen-bond acceptors (Lipinski definition) is 16. The summed E-state index contributed by atoms with van der Waals surface area (Å²) < 4.78 is 83.7. The zero-order chi connectivity index (χ0) is 69.4. The maximum absolute atomic E-state index is 13.5. The Morgan fingerprint density at radius 1 is 0.551 bits per heavy atom. The van der Waals surface area contributed by atoms with Crippen LogP contribution in [0, 0.1) is 35.5 Å². The normalized spacial score (nSPS) is 35.2. The SMILES string of the molecule is C[C@@H]1[C@@H](C)C/C=C/[C@](O)([C@@H]2OCCN(C)C2=O)[C@@H]2CC[C@H]2CN2C[C@@]3(CCCc4cc(Cl)ccc43)COc3ccc(cc32)C(=O)NS1(=O)=O.C[C@@H]1[C@@H](C)C/C=C/[C@](O)([C@H]2OCCN(C)C2=O)[C@@H]2CC[C@H]2CN2C[C@@]3(CCCc4cc(Cl)ccc43)COc3ccc(cc32)C(=O)NS1(=O)=O. The van der Waals surface area contributed by atoms with E-state index in [4.69, 9.17) is 42.1 Å². The van der Waals surface area contributed by atoms with Gasteiger partial charge in [0, 0.05) is 85.4 Å². The van der Waals surface area contributed by atoms with Crippen molar-refractivity contribution in [2.75, 3.05) is 89.6 Å². The van der Waals surface area contributed by atoms with E-state index in [0.717, 1.165) is 51.4 Å². The van der Waals surface area contributed by atoms with Crippen molar-refractivity contribution in [1.82, 2.24) is 19.2 Å². The van der Waals surface area contributed by atoms with E-state index in [-0.39, 0.29) is 69.3 Å². The summed E-state index contributed by atoms with van der Waals surface area (Å²) in [7, 11) is -4.65. The first-order valence-electron chi connectivity index (χ1n) is 34.9. The van der Waals surface area contributed by atoms with Crippen LogP contribution in [0.25, 0.3) is 0 Å². The number of hydrogen-bond donors (Lipinski definition) is 4. The Labute approximate surface area is 585 Å². The second kappa shape index (κ2) is 27.3. The predicted octanol–water partition coefficient (Wildman–Crippen LogP) is 8.94. The molecule has 6 heterocycles. The number of carbonyl (C=O) groups excluding carboxylic acids is 4. The monoisotopic (exact) mass is 1420 g/mol. The summed E-state index contributed by atoms with van der Waals surface area (Å²) >= 11 is 12.9. The Morgan fingerprint density at radius 3 is 1.35 bits per heavy atom. The molecule has 2 spiro atoms. The van der Waals surface area contributed by atoms with Crippen LogP contribution in [0.5, 0.6) is 11.5 Å². The van der Waals surface area contributed by atoms with Gasteiger partial charge in [0.1, 0.15) is 22.7 Å². The number of nitrogens with zero attached hydrogens (tertiary/aromatic N) is 4. The first-order valence-corrected chi connectivity index (χ1v) is 38.7. The number of fused-ring (bicyclic) bond motifs is 8. The molecule has 14 atom stereocenters. The third-order valence-corrected chi connectivity index (χ3v) is 28.1. The van der Waals surface area contributed by atoms with Gasteiger partial charge in [-0.15, -0.1) is 0 Å². The summed E-state index contributed by atoms with van der Waals surface area (Å²) in [4.78, 5) is 61.8. The van der Waals surface area contributed by atoms with Crippen LogP contribution in [-0.2, 0) is 62.8 Å². The van der Waals surface area contributed by atoms with Crippen molar-refractivity contribution < 1.29 is 65.2 Å². The molecule has 20 nitrogen and oxygen atoms in total. The number of benzene rings is 4. The average molecular weight is 1420 g/mol. The van der Waals surface area contributed by atoms with Crippen LogP contribution < -0.4 is 28.7 Å². The van der Waals surface area contributed by atoms with Crippen LogP contribution in [0.2, 0.25) is 10.0 Å². The fourth-order valence-electron chi connectivity index (χ4n) is 17.2. The molecule has 98 heavy (non-hydrogen) atoms. The molecule has 0 radical (unpaired) electrons. The third kappa shape index (κ3) is 13.2. The molecular formula is C74H92Cl2N6O14S2. The fraction of sp³-hybridized carbons (Fsp3) is 0.568. The Bertz CT molecular complexity index is 3830. The average Bonchev–Trinajstić information content (AvgIpc) is 1.03. The van der Waals surface area contributed by atoms with Crippen LogP contribution in [0.4, 0.5) is 11.4 Å². The number of morpholine rings is 2. The molecular weight excluding hydrogens is 1330 g/mol.